The highest BCUT2D eigenvalue weighted by atomic mass is 16.2. The number of amides is 1. The van der Waals surface area contributed by atoms with Crippen molar-refractivity contribution in [1.29, 1.82) is 0 Å². The first-order valence-electron chi connectivity index (χ1n) is 8.87. The quantitative estimate of drug-likeness (QED) is 0.882. The Hall–Kier alpha value is -2.13. The topological polar surface area (TPSA) is 32.3 Å². The number of hydrogen-bond acceptors (Lipinski definition) is 2. The van der Waals surface area contributed by atoms with Gasteiger partial charge in [0.1, 0.15) is 0 Å². The van der Waals surface area contributed by atoms with Crippen LogP contribution in [0.3, 0.4) is 0 Å². The molecule has 0 saturated heterocycles. The Balaban J connectivity index is 1.82. The van der Waals surface area contributed by atoms with Crippen LogP contribution in [-0.4, -0.2) is 30.4 Å². The lowest BCUT2D eigenvalue weighted by Crippen LogP contribution is -2.39. The van der Waals surface area contributed by atoms with E-state index in [1.165, 1.54) is 16.7 Å². The summed E-state index contributed by atoms with van der Waals surface area (Å²) in [6.45, 7) is 6.44. The first-order chi connectivity index (χ1) is 11.7. The number of benzene rings is 2. The fraction of sp³-hybridized carbons (Fsp3) is 0.381. The largest absolute Gasteiger partial charge is 0.348 e. The number of nitrogens with one attached hydrogen (secondary N) is 1. The highest BCUT2D eigenvalue weighted by molar-refractivity contribution is 5.79. The second kappa shape index (κ2) is 7.63. The Morgan fingerprint density at radius 2 is 1.71 bits per heavy atom. The summed E-state index contributed by atoms with van der Waals surface area (Å²) in [5, 5.41) is 3.30. The van der Waals surface area contributed by atoms with Gasteiger partial charge in [-0.3, -0.25) is 9.69 Å². The number of nitrogens with zero attached hydrogens (tertiary/aromatic N) is 1. The standard InChI is InChI=1S/C21H26N2O/c1-3-23(4-2)15-20(24)22-21-18-13-9-8-12-17(18)14-19(21)16-10-6-5-7-11-16/h5-13,19,21H,3-4,14-15H2,1-2H3,(H,22,24). The van der Waals surface area contributed by atoms with Crippen LogP contribution in [0.25, 0.3) is 0 Å². The van der Waals surface area contributed by atoms with Gasteiger partial charge in [-0.2, -0.15) is 0 Å². The second-order valence-electron chi connectivity index (χ2n) is 6.43. The van der Waals surface area contributed by atoms with E-state index in [1.807, 2.05) is 6.07 Å². The lowest BCUT2D eigenvalue weighted by atomic mass is 9.92. The van der Waals surface area contributed by atoms with Gasteiger partial charge in [0.2, 0.25) is 5.91 Å². The molecule has 24 heavy (non-hydrogen) atoms. The van der Waals surface area contributed by atoms with Crippen molar-refractivity contribution in [2.24, 2.45) is 0 Å². The number of carbonyl (C=O) groups excluding carboxylic acids is 1. The van der Waals surface area contributed by atoms with Gasteiger partial charge >= 0.3 is 0 Å². The molecule has 0 aromatic heterocycles. The number of carbonyl (C=O) groups is 1. The van der Waals surface area contributed by atoms with Gasteiger partial charge in [-0.25, -0.2) is 0 Å². The molecule has 1 aliphatic carbocycles. The maximum absolute atomic E-state index is 12.6. The molecule has 3 rings (SSSR count). The first kappa shape index (κ1) is 16.7. The molecule has 2 unspecified atom stereocenters. The summed E-state index contributed by atoms with van der Waals surface area (Å²) in [5.41, 5.74) is 3.90. The van der Waals surface area contributed by atoms with Gasteiger partial charge < -0.3 is 5.32 Å². The summed E-state index contributed by atoms with van der Waals surface area (Å²) in [5.74, 6) is 0.422. The summed E-state index contributed by atoms with van der Waals surface area (Å²) < 4.78 is 0. The molecular weight excluding hydrogens is 296 g/mol. The molecule has 2 atom stereocenters. The fourth-order valence-corrected chi connectivity index (χ4v) is 3.65. The zero-order chi connectivity index (χ0) is 16.9. The number of likely N-dealkylation sites (N-methyl/N-ethyl adjacent to an activating group) is 1. The van der Waals surface area contributed by atoms with E-state index in [0.29, 0.717) is 12.5 Å². The third-order valence-electron chi connectivity index (χ3n) is 5.04. The molecule has 1 amide bonds. The zero-order valence-electron chi connectivity index (χ0n) is 14.5. The van der Waals surface area contributed by atoms with Crippen LogP contribution in [0.2, 0.25) is 0 Å². The normalized spacial score (nSPS) is 19.3. The molecule has 0 aliphatic heterocycles. The molecule has 2 aromatic rings. The Labute approximate surface area is 144 Å². The van der Waals surface area contributed by atoms with Gasteiger partial charge in [0.05, 0.1) is 12.6 Å². The summed E-state index contributed by atoms with van der Waals surface area (Å²) in [7, 11) is 0. The average Bonchev–Trinajstić information content (AvgIpc) is 2.99. The minimum atomic E-state index is 0.0617. The van der Waals surface area contributed by atoms with E-state index in [1.54, 1.807) is 0 Å². The van der Waals surface area contributed by atoms with Crippen LogP contribution in [-0.2, 0) is 11.2 Å². The average molecular weight is 322 g/mol. The zero-order valence-corrected chi connectivity index (χ0v) is 14.5. The molecule has 126 valence electrons. The molecule has 2 aromatic carbocycles. The molecule has 3 heteroatoms. The van der Waals surface area contributed by atoms with E-state index in [0.717, 1.165) is 19.5 Å². The minimum Gasteiger partial charge on any atom is -0.348 e. The molecule has 1 N–H and O–H groups in total. The monoisotopic (exact) mass is 322 g/mol. The maximum Gasteiger partial charge on any atom is 0.234 e. The third-order valence-corrected chi connectivity index (χ3v) is 5.04. The van der Waals surface area contributed by atoms with Gasteiger partial charge in [-0.05, 0) is 36.2 Å². The maximum atomic E-state index is 12.6. The van der Waals surface area contributed by atoms with Crippen molar-refractivity contribution in [3.8, 4) is 0 Å². The predicted molar refractivity (Wildman–Crippen MR) is 98.0 cm³/mol. The molecule has 0 fully saturated rings. The molecule has 0 saturated carbocycles. The van der Waals surface area contributed by atoms with Gasteiger partial charge in [-0.15, -0.1) is 0 Å². The fourth-order valence-electron chi connectivity index (χ4n) is 3.65. The van der Waals surface area contributed by atoms with E-state index in [2.05, 4.69) is 72.6 Å². The smallest absolute Gasteiger partial charge is 0.234 e. The minimum absolute atomic E-state index is 0.0617. The van der Waals surface area contributed by atoms with Crippen LogP contribution >= 0.6 is 0 Å². The van der Waals surface area contributed by atoms with Crippen molar-refractivity contribution in [3.05, 3.63) is 71.3 Å². The summed E-state index contributed by atoms with van der Waals surface area (Å²) in [4.78, 5) is 14.7. The van der Waals surface area contributed by atoms with E-state index >= 15 is 0 Å². The van der Waals surface area contributed by atoms with E-state index in [4.69, 9.17) is 0 Å². The van der Waals surface area contributed by atoms with Crippen LogP contribution in [0, 0.1) is 0 Å². The van der Waals surface area contributed by atoms with Gasteiger partial charge in [-0.1, -0.05) is 68.4 Å². The molecule has 3 nitrogen and oxygen atoms in total. The highest BCUT2D eigenvalue weighted by Crippen LogP contribution is 2.42. The second-order valence-corrected chi connectivity index (χ2v) is 6.43. The van der Waals surface area contributed by atoms with Crippen LogP contribution in [0.15, 0.2) is 54.6 Å². The van der Waals surface area contributed by atoms with Crippen LogP contribution in [0.4, 0.5) is 0 Å². The van der Waals surface area contributed by atoms with Crippen molar-refractivity contribution in [3.63, 3.8) is 0 Å². The number of rotatable bonds is 6. The van der Waals surface area contributed by atoms with Gasteiger partial charge in [0.25, 0.3) is 0 Å². The Morgan fingerprint density at radius 3 is 2.42 bits per heavy atom. The summed E-state index contributed by atoms with van der Waals surface area (Å²) >= 11 is 0. The molecule has 1 aliphatic rings. The van der Waals surface area contributed by atoms with Crippen LogP contribution in [0.5, 0.6) is 0 Å². The molecule has 0 heterocycles. The van der Waals surface area contributed by atoms with Crippen molar-refractivity contribution >= 4 is 5.91 Å². The van der Waals surface area contributed by atoms with Crippen LogP contribution < -0.4 is 5.32 Å². The number of fused-ring (bicyclic) bond motifs is 1. The van der Waals surface area contributed by atoms with Crippen molar-refractivity contribution in [2.75, 3.05) is 19.6 Å². The third kappa shape index (κ3) is 3.51. The van der Waals surface area contributed by atoms with Crippen LogP contribution in [0.1, 0.15) is 42.5 Å². The molecule has 0 bridgehead atoms. The molecule has 0 spiro atoms. The summed E-state index contributed by atoms with van der Waals surface area (Å²) in [6, 6.07) is 19.1. The Kier molecular flexibility index (Phi) is 5.31. The lowest BCUT2D eigenvalue weighted by molar-refractivity contribution is -0.123. The summed E-state index contributed by atoms with van der Waals surface area (Å²) in [6.07, 6.45) is 0.983. The van der Waals surface area contributed by atoms with Gasteiger partial charge in [0, 0.05) is 5.92 Å². The van der Waals surface area contributed by atoms with E-state index in [-0.39, 0.29) is 11.9 Å². The van der Waals surface area contributed by atoms with Gasteiger partial charge in [0.15, 0.2) is 0 Å². The van der Waals surface area contributed by atoms with E-state index in [9.17, 15) is 4.79 Å². The predicted octanol–water partition coefficient (Wildman–Crippen LogP) is 3.53. The first-order valence-corrected chi connectivity index (χ1v) is 8.87. The highest BCUT2D eigenvalue weighted by Gasteiger charge is 2.34. The van der Waals surface area contributed by atoms with Crippen molar-refractivity contribution < 1.29 is 4.79 Å². The molecular formula is C21H26N2O. The van der Waals surface area contributed by atoms with E-state index < -0.39 is 0 Å². The molecule has 0 radical (unpaired) electrons. The Bertz CT molecular complexity index is 679. The Morgan fingerprint density at radius 1 is 1.04 bits per heavy atom. The number of hydrogen-bond donors (Lipinski definition) is 1. The van der Waals surface area contributed by atoms with Crippen molar-refractivity contribution in [1.82, 2.24) is 10.2 Å². The lowest BCUT2D eigenvalue weighted by Gasteiger charge is -2.24. The van der Waals surface area contributed by atoms with Crippen molar-refractivity contribution in [2.45, 2.75) is 32.2 Å². The SMILES string of the molecule is CCN(CC)CC(=O)NC1c2ccccc2CC1c1ccccc1.